The molecule has 0 radical (unpaired) electrons. The molecule has 0 aliphatic heterocycles. The first-order chi connectivity index (χ1) is 9.84. The van der Waals surface area contributed by atoms with Crippen molar-refractivity contribution in [3.63, 3.8) is 0 Å². The molecule has 0 saturated carbocycles. The zero-order chi connectivity index (χ0) is 13.5. The molecular formula is C16H12N4. The Hall–Kier alpha value is -2.75. The van der Waals surface area contributed by atoms with E-state index < -0.39 is 0 Å². The molecule has 2 aromatic carbocycles. The molecule has 0 fully saturated rings. The fraction of sp³-hybridized carbons (Fsp3) is 0.0625. The Bertz CT molecular complexity index is 919. The number of benzene rings is 2. The van der Waals surface area contributed by atoms with Crippen LogP contribution in [0.4, 0.5) is 0 Å². The first-order valence-electron chi connectivity index (χ1n) is 6.49. The number of aromatic nitrogens is 4. The maximum absolute atomic E-state index is 4.60. The normalized spacial score (nSPS) is 11.2. The van der Waals surface area contributed by atoms with E-state index in [2.05, 4.69) is 25.6 Å². The van der Waals surface area contributed by atoms with E-state index in [0.717, 1.165) is 33.6 Å². The number of imidazole rings is 1. The summed E-state index contributed by atoms with van der Waals surface area (Å²) in [4.78, 5) is 13.4. The van der Waals surface area contributed by atoms with Crippen molar-refractivity contribution in [1.29, 1.82) is 0 Å². The molecule has 0 amide bonds. The number of fused-ring (bicyclic) bond motifs is 2. The highest BCUT2D eigenvalue weighted by Crippen LogP contribution is 2.24. The number of aryl methyl sites for hydroxylation is 1. The Morgan fingerprint density at radius 3 is 2.50 bits per heavy atom. The molecule has 0 spiro atoms. The molecule has 0 N–H and O–H groups in total. The van der Waals surface area contributed by atoms with Crippen LogP contribution in [-0.4, -0.2) is 19.5 Å². The van der Waals surface area contributed by atoms with Crippen molar-refractivity contribution in [2.75, 3.05) is 0 Å². The smallest absolute Gasteiger partial charge is 0.149 e. The summed E-state index contributed by atoms with van der Waals surface area (Å²) in [7, 11) is 0. The van der Waals surface area contributed by atoms with Crippen LogP contribution in [0.2, 0.25) is 0 Å². The Balaban J connectivity index is 2.14. The van der Waals surface area contributed by atoms with Gasteiger partial charge in [0, 0.05) is 5.39 Å². The van der Waals surface area contributed by atoms with Crippen LogP contribution in [0.3, 0.4) is 0 Å². The molecule has 20 heavy (non-hydrogen) atoms. The summed E-state index contributed by atoms with van der Waals surface area (Å²) < 4.78 is 2.08. The van der Waals surface area contributed by atoms with Crippen LogP contribution in [0.25, 0.3) is 27.8 Å². The third kappa shape index (κ3) is 1.51. The molecule has 0 unspecified atom stereocenters. The maximum atomic E-state index is 4.60. The predicted molar refractivity (Wildman–Crippen MR) is 78.9 cm³/mol. The highest BCUT2D eigenvalue weighted by Gasteiger charge is 2.12. The lowest BCUT2D eigenvalue weighted by Crippen LogP contribution is -2.01. The average molecular weight is 260 g/mol. The van der Waals surface area contributed by atoms with E-state index in [1.54, 1.807) is 6.33 Å². The van der Waals surface area contributed by atoms with Crippen LogP contribution >= 0.6 is 0 Å². The minimum atomic E-state index is 0.877. The van der Waals surface area contributed by atoms with Gasteiger partial charge in [-0.2, -0.15) is 0 Å². The molecule has 96 valence electrons. The second-order valence-corrected chi connectivity index (χ2v) is 4.70. The van der Waals surface area contributed by atoms with Crippen LogP contribution < -0.4 is 0 Å². The van der Waals surface area contributed by atoms with Gasteiger partial charge in [-0.25, -0.2) is 15.0 Å². The van der Waals surface area contributed by atoms with E-state index in [-0.39, 0.29) is 0 Å². The van der Waals surface area contributed by atoms with Gasteiger partial charge in [0.05, 0.1) is 16.6 Å². The van der Waals surface area contributed by atoms with Gasteiger partial charge < -0.3 is 0 Å². The summed E-state index contributed by atoms with van der Waals surface area (Å²) in [5, 5.41) is 1.03. The highest BCUT2D eigenvalue weighted by molar-refractivity contribution is 5.88. The summed E-state index contributed by atoms with van der Waals surface area (Å²) in [5.41, 5.74) is 2.98. The number of rotatable bonds is 1. The number of hydrogen-bond acceptors (Lipinski definition) is 3. The van der Waals surface area contributed by atoms with Gasteiger partial charge in [0.1, 0.15) is 18.0 Å². The van der Waals surface area contributed by atoms with Gasteiger partial charge in [-0.3, -0.25) is 4.57 Å². The summed E-state index contributed by atoms with van der Waals surface area (Å²) in [5.74, 6) is 1.80. The molecular weight excluding hydrogens is 248 g/mol. The molecule has 4 aromatic rings. The fourth-order valence-corrected chi connectivity index (χ4v) is 2.58. The van der Waals surface area contributed by atoms with E-state index in [9.17, 15) is 0 Å². The van der Waals surface area contributed by atoms with Crippen molar-refractivity contribution in [3.05, 3.63) is 60.7 Å². The SMILES string of the molecule is Cc1nc2ccccc2n1-c1ncnc2ccccc12. The van der Waals surface area contributed by atoms with E-state index in [1.807, 2.05) is 49.4 Å². The average Bonchev–Trinajstić information content (AvgIpc) is 2.82. The first-order valence-corrected chi connectivity index (χ1v) is 6.49. The Morgan fingerprint density at radius 2 is 1.60 bits per heavy atom. The fourth-order valence-electron chi connectivity index (χ4n) is 2.58. The Labute approximate surface area is 115 Å². The van der Waals surface area contributed by atoms with Gasteiger partial charge >= 0.3 is 0 Å². The molecule has 0 bridgehead atoms. The van der Waals surface area contributed by atoms with Crippen molar-refractivity contribution in [2.24, 2.45) is 0 Å². The van der Waals surface area contributed by atoms with Crippen LogP contribution in [-0.2, 0) is 0 Å². The van der Waals surface area contributed by atoms with Crippen molar-refractivity contribution in [2.45, 2.75) is 6.92 Å². The van der Waals surface area contributed by atoms with Gasteiger partial charge in [-0.05, 0) is 31.2 Å². The van der Waals surface area contributed by atoms with E-state index in [4.69, 9.17) is 0 Å². The van der Waals surface area contributed by atoms with E-state index in [0.29, 0.717) is 0 Å². The number of nitrogens with zero attached hydrogens (tertiary/aromatic N) is 4. The zero-order valence-corrected chi connectivity index (χ0v) is 11.0. The molecule has 2 heterocycles. The molecule has 0 aliphatic carbocycles. The summed E-state index contributed by atoms with van der Waals surface area (Å²) in [6.45, 7) is 2.00. The van der Waals surface area contributed by atoms with Crippen molar-refractivity contribution in [3.8, 4) is 5.82 Å². The molecule has 4 heteroatoms. The van der Waals surface area contributed by atoms with E-state index in [1.165, 1.54) is 0 Å². The number of hydrogen-bond donors (Lipinski definition) is 0. The van der Waals surface area contributed by atoms with Crippen LogP contribution in [0.5, 0.6) is 0 Å². The summed E-state index contributed by atoms with van der Waals surface area (Å²) >= 11 is 0. The minimum Gasteiger partial charge on any atom is -0.280 e. The van der Waals surface area contributed by atoms with E-state index >= 15 is 0 Å². The topological polar surface area (TPSA) is 43.6 Å². The van der Waals surface area contributed by atoms with Gasteiger partial charge in [0.25, 0.3) is 0 Å². The lowest BCUT2D eigenvalue weighted by molar-refractivity contribution is 0.958. The number of para-hydroxylation sites is 3. The van der Waals surface area contributed by atoms with Gasteiger partial charge in [0.2, 0.25) is 0 Å². The van der Waals surface area contributed by atoms with Crippen molar-refractivity contribution < 1.29 is 0 Å². The maximum Gasteiger partial charge on any atom is 0.149 e. The molecule has 4 nitrogen and oxygen atoms in total. The lowest BCUT2D eigenvalue weighted by Gasteiger charge is -2.08. The predicted octanol–water partition coefficient (Wildman–Crippen LogP) is 3.28. The Kier molecular flexibility index (Phi) is 2.29. The second kappa shape index (κ2) is 4.13. The standard InChI is InChI=1S/C16H12N4/c1-11-19-14-8-4-5-9-15(14)20(11)16-12-6-2-3-7-13(12)17-10-18-16/h2-10H,1H3. The second-order valence-electron chi connectivity index (χ2n) is 4.70. The Morgan fingerprint density at radius 1 is 0.850 bits per heavy atom. The zero-order valence-electron chi connectivity index (χ0n) is 11.0. The molecule has 0 saturated heterocycles. The molecule has 2 aromatic heterocycles. The highest BCUT2D eigenvalue weighted by atomic mass is 15.1. The van der Waals surface area contributed by atoms with Gasteiger partial charge in [-0.15, -0.1) is 0 Å². The molecule has 0 aliphatic rings. The molecule has 4 rings (SSSR count). The van der Waals surface area contributed by atoms with Crippen LogP contribution in [0.15, 0.2) is 54.9 Å². The van der Waals surface area contributed by atoms with Crippen molar-refractivity contribution in [1.82, 2.24) is 19.5 Å². The van der Waals surface area contributed by atoms with Gasteiger partial charge in [0.15, 0.2) is 0 Å². The third-order valence-corrected chi connectivity index (χ3v) is 3.46. The third-order valence-electron chi connectivity index (χ3n) is 3.46. The van der Waals surface area contributed by atoms with Gasteiger partial charge in [-0.1, -0.05) is 24.3 Å². The largest absolute Gasteiger partial charge is 0.280 e. The van der Waals surface area contributed by atoms with Crippen LogP contribution in [0, 0.1) is 6.92 Å². The summed E-state index contributed by atoms with van der Waals surface area (Å²) in [6.07, 6.45) is 1.60. The monoisotopic (exact) mass is 260 g/mol. The minimum absolute atomic E-state index is 0.877. The summed E-state index contributed by atoms with van der Waals surface area (Å²) in [6, 6.07) is 16.1. The first kappa shape index (κ1) is 11.1. The molecule has 0 atom stereocenters. The van der Waals surface area contributed by atoms with Crippen molar-refractivity contribution >= 4 is 21.9 Å². The van der Waals surface area contributed by atoms with Crippen LogP contribution in [0.1, 0.15) is 5.82 Å². The quantitative estimate of drug-likeness (QED) is 0.527. The lowest BCUT2D eigenvalue weighted by atomic mass is 10.2.